The number of unbranched alkanes of at least 4 members (excludes halogenated alkanes) is 1. The predicted molar refractivity (Wildman–Crippen MR) is 101 cm³/mol. The van der Waals surface area contributed by atoms with Gasteiger partial charge in [0.25, 0.3) is 0 Å². The molecule has 0 heterocycles. The van der Waals surface area contributed by atoms with E-state index in [0.29, 0.717) is 5.92 Å². The Balaban J connectivity index is 1.83. The molecule has 3 nitrogen and oxygen atoms in total. The van der Waals surface area contributed by atoms with Crippen molar-refractivity contribution in [1.29, 1.82) is 0 Å². The molecule has 0 bridgehead atoms. The van der Waals surface area contributed by atoms with Crippen LogP contribution in [0.1, 0.15) is 39.2 Å². The standard InChI is InChI=1S/C21H29NO2/c1-4-5-13-23-21-8-6-7-18(14-21)15-22-19-9-11-20(12-10-19)24-16-17(2)3/h6-12,14,17,22H,4-5,13,15-16H2,1-3H3. The van der Waals surface area contributed by atoms with Crippen LogP contribution in [0, 0.1) is 5.92 Å². The molecule has 2 aromatic carbocycles. The zero-order valence-corrected chi connectivity index (χ0v) is 15.0. The van der Waals surface area contributed by atoms with Gasteiger partial charge in [-0.1, -0.05) is 39.3 Å². The highest BCUT2D eigenvalue weighted by Crippen LogP contribution is 2.18. The Hall–Kier alpha value is -2.16. The average Bonchev–Trinajstić information content (AvgIpc) is 2.60. The molecule has 0 unspecified atom stereocenters. The van der Waals surface area contributed by atoms with Crippen LogP contribution in [-0.4, -0.2) is 13.2 Å². The minimum Gasteiger partial charge on any atom is -0.494 e. The molecular weight excluding hydrogens is 298 g/mol. The van der Waals surface area contributed by atoms with Gasteiger partial charge in [0.15, 0.2) is 0 Å². The average molecular weight is 327 g/mol. The minimum atomic E-state index is 0.537. The molecule has 0 atom stereocenters. The molecular formula is C21H29NO2. The molecule has 0 saturated carbocycles. The Morgan fingerprint density at radius 1 is 0.958 bits per heavy atom. The van der Waals surface area contributed by atoms with Crippen LogP contribution in [0.3, 0.4) is 0 Å². The van der Waals surface area contributed by atoms with Gasteiger partial charge in [0.2, 0.25) is 0 Å². The monoisotopic (exact) mass is 327 g/mol. The lowest BCUT2D eigenvalue weighted by Gasteiger charge is -2.11. The van der Waals surface area contributed by atoms with Gasteiger partial charge in [-0.3, -0.25) is 0 Å². The van der Waals surface area contributed by atoms with Gasteiger partial charge < -0.3 is 14.8 Å². The number of ether oxygens (including phenoxy) is 2. The van der Waals surface area contributed by atoms with Crippen molar-refractivity contribution < 1.29 is 9.47 Å². The van der Waals surface area contributed by atoms with Gasteiger partial charge in [-0.15, -0.1) is 0 Å². The first-order valence-corrected chi connectivity index (χ1v) is 8.86. The van der Waals surface area contributed by atoms with Crippen molar-refractivity contribution in [2.45, 2.75) is 40.2 Å². The summed E-state index contributed by atoms with van der Waals surface area (Å²) in [5, 5.41) is 3.44. The lowest BCUT2D eigenvalue weighted by atomic mass is 10.2. The zero-order chi connectivity index (χ0) is 17.2. The van der Waals surface area contributed by atoms with E-state index in [1.807, 2.05) is 24.3 Å². The summed E-state index contributed by atoms with van der Waals surface area (Å²) in [5.74, 6) is 2.40. The molecule has 0 aliphatic rings. The minimum absolute atomic E-state index is 0.537. The smallest absolute Gasteiger partial charge is 0.119 e. The summed E-state index contributed by atoms with van der Waals surface area (Å²) in [6.07, 6.45) is 2.24. The van der Waals surface area contributed by atoms with Gasteiger partial charge in [-0.05, 0) is 54.3 Å². The highest BCUT2D eigenvalue weighted by molar-refractivity contribution is 5.47. The summed E-state index contributed by atoms with van der Waals surface area (Å²) >= 11 is 0. The van der Waals surface area contributed by atoms with Crippen molar-refractivity contribution in [3.8, 4) is 11.5 Å². The number of benzene rings is 2. The molecule has 0 aliphatic carbocycles. The van der Waals surface area contributed by atoms with Crippen LogP contribution in [-0.2, 0) is 6.54 Å². The van der Waals surface area contributed by atoms with Gasteiger partial charge in [0.05, 0.1) is 13.2 Å². The van der Waals surface area contributed by atoms with E-state index in [2.05, 4.69) is 50.4 Å². The summed E-state index contributed by atoms with van der Waals surface area (Å²) in [4.78, 5) is 0. The highest BCUT2D eigenvalue weighted by atomic mass is 16.5. The van der Waals surface area contributed by atoms with E-state index in [1.54, 1.807) is 0 Å². The second-order valence-corrected chi connectivity index (χ2v) is 6.43. The fourth-order valence-corrected chi connectivity index (χ4v) is 2.22. The maximum Gasteiger partial charge on any atom is 0.119 e. The van der Waals surface area contributed by atoms with Crippen LogP contribution in [0.2, 0.25) is 0 Å². The van der Waals surface area contributed by atoms with Crippen LogP contribution < -0.4 is 14.8 Å². The molecule has 1 N–H and O–H groups in total. The SMILES string of the molecule is CCCCOc1cccc(CNc2ccc(OCC(C)C)cc2)c1. The van der Waals surface area contributed by atoms with Crippen molar-refractivity contribution in [2.24, 2.45) is 5.92 Å². The van der Waals surface area contributed by atoms with E-state index in [0.717, 1.165) is 49.8 Å². The summed E-state index contributed by atoms with van der Waals surface area (Å²) in [5.41, 5.74) is 2.30. The molecule has 0 spiro atoms. The second-order valence-electron chi connectivity index (χ2n) is 6.43. The van der Waals surface area contributed by atoms with Crippen molar-refractivity contribution >= 4 is 5.69 Å². The molecule has 130 valence electrons. The maximum absolute atomic E-state index is 5.76. The normalized spacial score (nSPS) is 10.7. The molecule has 2 aromatic rings. The second kappa shape index (κ2) is 9.86. The summed E-state index contributed by atoms with van der Waals surface area (Å²) in [6.45, 7) is 8.77. The Labute approximate surface area is 146 Å². The summed E-state index contributed by atoms with van der Waals surface area (Å²) < 4.78 is 11.5. The van der Waals surface area contributed by atoms with Gasteiger partial charge in [0, 0.05) is 12.2 Å². The van der Waals surface area contributed by atoms with E-state index in [9.17, 15) is 0 Å². The first-order valence-electron chi connectivity index (χ1n) is 8.86. The van der Waals surface area contributed by atoms with Gasteiger partial charge in [0.1, 0.15) is 11.5 Å². The van der Waals surface area contributed by atoms with Crippen molar-refractivity contribution in [3.63, 3.8) is 0 Å². The number of hydrogen-bond donors (Lipinski definition) is 1. The van der Waals surface area contributed by atoms with Crippen LogP contribution in [0.5, 0.6) is 11.5 Å². The molecule has 2 rings (SSSR count). The lowest BCUT2D eigenvalue weighted by molar-refractivity contribution is 0.271. The van der Waals surface area contributed by atoms with Crippen LogP contribution in [0.15, 0.2) is 48.5 Å². The van der Waals surface area contributed by atoms with Crippen LogP contribution in [0.25, 0.3) is 0 Å². The zero-order valence-electron chi connectivity index (χ0n) is 15.0. The molecule has 0 aliphatic heterocycles. The third-order valence-corrected chi connectivity index (χ3v) is 3.60. The van der Waals surface area contributed by atoms with Crippen molar-refractivity contribution in [3.05, 3.63) is 54.1 Å². The number of nitrogens with one attached hydrogen (secondary N) is 1. The van der Waals surface area contributed by atoms with Gasteiger partial charge in [-0.25, -0.2) is 0 Å². The molecule has 0 aromatic heterocycles. The molecule has 3 heteroatoms. The topological polar surface area (TPSA) is 30.5 Å². The molecule has 0 amide bonds. The summed E-state index contributed by atoms with van der Waals surface area (Å²) in [7, 11) is 0. The van der Waals surface area contributed by atoms with Crippen LogP contribution in [0.4, 0.5) is 5.69 Å². The van der Waals surface area contributed by atoms with Crippen LogP contribution >= 0.6 is 0 Å². The maximum atomic E-state index is 5.76. The van der Waals surface area contributed by atoms with Gasteiger partial charge >= 0.3 is 0 Å². The van der Waals surface area contributed by atoms with E-state index in [-0.39, 0.29) is 0 Å². The number of anilines is 1. The van der Waals surface area contributed by atoms with Crippen molar-refractivity contribution in [2.75, 3.05) is 18.5 Å². The summed E-state index contributed by atoms with van der Waals surface area (Å²) in [6, 6.07) is 16.4. The third kappa shape index (κ3) is 6.53. The Kier molecular flexibility index (Phi) is 7.47. The van der Waals surface area contributed by atoms with E-state index < -0.39 is 0 Å². The molecule has 24 heavy (non-hydrogen) atoms. The Morgan fingerprint density at radius 2 is 1.75 bits per heavy atom. The molecule has 0 radical (unpaired) electrons. The van der Waals surface area contributed by atoms with E-state index >= 15 is 0 Å². The quantitative estimate of drug-likeness (QED) is 0.583. The number of hydrogen-bond acceptors (Lipinski definition) is 3. The first kappa shape index (κ1) is 18.2. The first-order chi connectivity index (χ1) is 11.7. The fourth-order valence-electron chi connectivity index (χ4n) is 2.22. The number of rotatable bonds is 10. The fraction of sp³-hybridized carbons (Fsp3) is 0.429. The van der Waals surface area contributed by atoms with Crippen molar-refractivity contribution in [1.82, 2.24) is 0 Å². The predicted octanol–water partition coefficient (Wildman–Crippen LogP) is 5.51. The Bertz CT molecular complexity index is 593. The molecule has 0 saturated heterocycles. The third-order valence-electron chi connectivity index (χ3n) is 3.60. The molecule has 0 fully saturated rings. The largest absolute Gasteiger partial charge is 0.494 e. The van der Waals surface area contributed by atoms with E-state index in [4.69, 9.17) is 9.47 Å². The van der Waals surface area contributed by atoms with E-state index in [1.165, 1.54) is 5.56 Å². The lowest BCUT2D eigenvalue weighted by Crippen LogP contribution is -2.04. The highest BCUT2D eigenvalue weighted by Gasteiger charge is 2.00. The Morgan fingerprint density at radius 3 is 2.46 bits per heavy atom. The van der Waals surface area contributed by atoms with Gasteiger partial charge in [-0.2, -0.15) is 0 Å².